The maximum atomic E-state index is 12.5. The fraction of sp³-hybridized carbons (Fsp3) is 0.500. The van der Waals surface area contributed by atoms with Gasteiger partial charge in [0.25, 0.3) is 5.91 Å². The molecule has 1 fully saturated rings. The molecule has 0 bridgehead atoms. The summed E-state index contributed by atoms with van der Waals surface area (Å²) in [6.07, 6.45) is 6.85. The zero-order valence-electron chi connectivity index (χ0n) is 11.8. The van der Waals surface area contributed by atoms with Crippen LogP contribution in [0.4, 0.5) is 0 Å². The fourth-order valence-corrected chi connectivity index (χ4v) is 2.09. The smallest absolute Gasteiger partial charge is 0.255 e. The van der Waals surface area contributed by atoms with E-state index >= 15 is 0 Å². The summed E-state index contributed by atoms with van der Waals surface area (Å²) in [7, 11) is 0. The quantitative estimate of drug-likeness (QED) is 0.832. The summed E-state index contributed by atoms with van der Waals surface area (Å²) in [5.74, 6) is 5.80. The highest BCUT2D eigenvalue weighted by Crippen LogP contribution is 2.28. The molecule has 0 atom stereocenters. The standard InChI is InChI=1S/C16H20N2O2/c1-2-8-18(15-6-7-15)16(20)14-10-13(11-17-12-14)5-3-4-9-19/h10-12,15,19H,2,4,6-9H2,1H3. The van der Waals surface area contributed by atoms with E-state index < -0.39 is 0 Å². The first-order valence-electron chi connectivity index (χ1n) is 7.12. The zero-order valence-corrected chi connectivity index (χ0v) is 11.8. The normalized spacial score (nSPS) is 13.5. The van der Waals surface area contributed by atoms with Crippen LogP contribution in [-0.2, 0) is 0 Å². The van der Waals surface area contributed by atoms with Crippen molar-refractivity contribution < 1.29 is 9.90 Å². The van der Waals surface area contributed by atoms with Crippen molar-refractivity contribution in [3.63, 3.8) is 0 Å². The Hall–Kier alpha value is -1.86. The number of carbonyl (C=O) groups excluding carboxylic acids is 1. The highest BCUT2D eigenvalue weighted by Gasteiger charge is 2.32. The van der Waals surface area contributed by atoms with Gasteiger partial charge in [-0.05, 0) is 25.3 Å². The molecule has 1 N–H and O–H groups in total. The maximum absolute atomic E-state index is 12.5. The van der Waals surface area contributed by atoms with Gasteiger partial charge < -0.3 is 10.0 Å². The summed E-state index contributed by atoms with van der Waals surface area (Å²) in [6, 6.07) is 2.19. The molecule has 1 aliphatic carbocycles. The van der Waals surface area contributed by atoms with Gasteiger partial charge in [0.1, 0.15) is 0 Å². The van der Waals surface area contributed by atoms with Gasteiger partial charge in [0, 0.05) is 37.0 Å². The molecule has 1 aliphatic rings. The molecule has 20 heavy (non-hydrogen) atoms. The van der Waals surface area contributed by atoms with Gasteiger partial charge in [0.05, 0.1) is 12.2 Å². The average molecular weight is 272 g/mol. The molecule has 1 heterocycles. The predicted octanol–water partition coefficient (Wildman–Crippen LogP) is 1.83. The molecule has 2 rings (SSSR count). The number of aliphatic hydroxyl groups is 1. The highest BCUT2D eigenvalue weighted by molar-refractivity contribution is 5.94. The van der Waals surface area contributed by atoms with Gasteiger partial charge in [0.2, 0.25) is 0 Å². The van der Waals surface area contributed by atoms with Gasteiger partial charge >= 0.3 is 0 Å². The van der Waals surface area contributed by atoms with Crippen molar-refractivity contribution >= 4 is 5.91 Å². The Labute approximate surface area is 119 Å². The van der Waals surface area contributed by atoms with Crippen LogP contribution >= 0.6 is 0 Å². The average Bonchev–Trinajstić information content (AvgIpc) is 3.29. The largest absolute Gasteiger partial charge is 0.395 e. The number of hydrogen-bond acceptors (Lipinski definition) is 3. The molecule has 0 spiro atoms. The van der Waals surface area contributed by atoms with Crippen molar-refractivity contribution in [2.24, 2.45) is 0 Å². The molecule has 1 amide bonds. The van der Waals surface area contributed by atoms with Gasteiger partial charge in [-0.1, -0.05) is 18.8 Å². The van der Waals surface area contributed by atoms with E-state index in [4.69, 9.17) is 5.11 Å². The van der Waals surface area contributed by atoms with E-state index in [1.54, 1.807) is 18.5 Å². The van der Waals surface area contributed by atoms with Crippen molar-refractivity contribution in [2.75, 3.05) is 13.2 Å². The summed E-state index contributed by atoms with van der Waals surface area (Å²) in [6.45, 7) is 2.92. The van der Waals surface area contributed by atoms with Crippen LogP contribution in [-0.4, -0.2) is 40.1 Å². The minimum atomic E-state index is 0.0466. The van der Waals surface area contributed by atoms with Crippen molar-refractivity contribution in [3.8, 4) is 11.8 Å². The van der Waals surface area contributed by atoms with E-state index in [0.29, 0.717) is 18.0 Å². The van der Waals surface area contributed by atoms with E-state index in [0.717, 1.165) is 31.4 Å². The molecule has 0 unspecified atom stereocenters. The van der Waals surface area contributed by atoms with Crippen LogP contribution in [0.25, 0.3) is 0 Å². The first-order valence-corrected chi connectivity index (χ1v) is 7.12. The number of aromatic nitrogens is 1. The third-order valence-electron chi connectivity index (χ3n) is 3.17. The summed E-state index contributed by atoms with van der Waals surface area (Å²) >= 11 is 0. The summed E-state index contributed by atoms with van der Waals surface area (Å²) in [5, 5.41) is 8.71. The molecule has 0 saturated heterocycles. The molecule has 1 aromatic rings. The molecule has 106 valence electrons. The lowest BCUT2D eigenvalue weighted by atomic mass is 10.1. The number of carbonyl (C=O) groups is 1. The Bertz CT molecular complexity index is 527. The molecule has 0 aromatic carbocycles. The minimum Gasteiger partial charge on any atom is -0.395 e. The Kier molecular flexibility index (Phi) is 5.14. The van der Waals surface area contributed by atoms with E-state index in [9.17, 15) is 4.79 Å². The SMILES string of the molecule is CCCN(C(=O)c1cncc(C#CCCO)c1)C1CC1. The second-order valence-electron chi connectivity index (χ2n) is 4.97. The molecular weight excluding hydrogens is 252 g/mol. The lowest BCUT2D eigenvalue weighted by molar-refractivity contribution is 0.0742. The van der Waals surface area contributed by atoms with Gasteiger partial charge in [-0.2, -0.15) is 0 Å². The van der Waals surface area contributed by atoms with Crippen molar-refractivity contribution in [3.05, 3.63) is 29.6 Å². The number of hydrogen-bond donors (Lipinski definition) is 1. The minimum absolute atomic E-state index is 0.0466. The molecule has 1 saturated carbocycles. The lowest BCUT2D eigenvalue weighted by Crippen LogP contribution is -2.33. The van der Waals surface area contributed by atoms with Crippen LogP contribution in [0.15, 0.2) is 18.5 Å². The summed E-state index contributed by atoms with van der Waals surface area (Å²) < 4.78 is 0. The Balaban J connectivity index is 2.13. The van der Waals surface area contributed by atoms with E-state index in [1.165, 1.54) is 0 Å². The Morgan fingerprint density at radius 2 is 2.30 bits per heavy atom. The van der Waals surface area contributed by atoms with Gasteiger partial charge in [0.15, 0.2) is 0 Å². The summed E-state index contributed by atoms with van der Waals surface area (Å²) in [5.41, 5.74) is 1.32. The van der Waals surface area contributed by atoms with E-state index in [-0.39, 0.29) is 12.5 Å². The Morgan fingerprint density at radius 1 is 1.50 bits per heavy atom. The number of pyridine rings is 1. The van der Waals surface area contributed by atoms with E-state index in [2.05, 4.69) is 23.7 Å². The van der Waals surface area contributed by atoms with Crippen LogP contribution in [0.2, 0.25) is 0 Å². The third kappa shape index (κ3) is 3.82. The van der Waals surface area contributed by atoms with Crippen LogP contribution in [0.1, 0.15) is 48.5 Å². The fourth-order valence-electron chi connectivity index (χ4n) is 2.09. The van der Waals surface area contributed by atoms with Gasteiger partial charge in [-0.3, -0.25) is 9.78 Å². The number of nitrogens with zero attached hydrogens (tertiary/aromatic N) is 2. The first-order chi connectivity index (χ1) is 9.76. The van der Waals surface area contributed by atoms with E-state index in [1.807, 2.05) is 4.90 Å². The number of rotatable bonds is 5. The van der Waals surface area contributed by atoms with Crippen molar-refractivity contribution in [1.29, 1.82) is 0 Å². The van der Waals surface area contributed by atoms with Crippen LogP contribution < -0.4 is 0 Å². The van der Waals surface area contributed by atoms with Crippen LogP contribution in [0.3, 0.4) is 0 Å². The van der Waals surface area contributed by atoms with Crippen molar-refractivity contribution in [1.82, 2.24) is 9.88 Å². The molecule has 0 radical (unpaired) electrons. The zero-order chi connectivity index (χ0) is 14.4. The number of aliphatic hydroxyl groups excluding tert-OH is 1. The monoisotopic (exact) mass is 272 g/mol. The van der Waals surface area contributed by atoms with Crippen molar-refractivity contribution in [2.45, 2.75) is 38.6 Å². The van der Waals surface area contributed by atoms with Gasteiger partial charge in [-0.25, -0.2) is 0 Å². The Morgan fingerprint density at radius 3 is 2.95 bits per heavy atom. The topological polar surface area (TPSA) is 53.4 Å². The molecule has 1 aromatic heterocycles. The summed E-state index contributed by atoms with van der Waals surface area (Å²) in [4.78, 5) is 18.5. The second kappa shape index (κ2) is 7.06. The molecule has 4 heteroatoms. The predicted molar refractivity (Wildman–Crippen MR) is 77.2 cm³/mol. The maximum Gasteiger partial charge on any atom is 0.255 e. The first kappa shape index (κ1) is 14.5. The van der Waals surface area contributed by atoms with Crippen LogP contribution in [0.5, 0.6) is 0 Å². The second-order valence-corrected chi connectivity index (χ2v) is 4.97. The molecule has 0 aliphatic heterocycles. The number of amides is 1. The highest BCUT2D eigenvalue weighted by atomic mass is 16.2. The lowest BCUT2D eigenvalue weighted by Gasteiger charge is -2.21. The molecule has 4 nitrogen and oxygen atoms in total. The molecular formula is C16H20N2O2. The van der Waals surface area contributed by atoms with Gasteiger partial charge in [-0.15, -0.1) is 0 Å². The van der Waals surface area contributed by atoms with Crippen LogP contribution in [0, 0.1) is 11.8 Å². The third-order valence-corrected chi connectivity index (χ3v) is 3.17.